The zero-order chi connectivity index (χ0) is 8.97. The van der Waals surface area contributed by atoms with Crippen molar-refractivity contribution in [1.29, 1.82) is 5.26 Å². The molecule has 0 bridgehead atoms. The molecule has 0 unspecified atom stereocenters. The van der Waals surface area contributed by atoms with Gasteiger partial charge in [0.05, 0.1) is 12.5 Å². The van der Waals surface area contributed by atoms with Gasteiger partial charge in [0.1, 0.15) is 0 Å². The second-order valence-corrected chi connectivity index (χ2v) is 2.65. The lowest BCUT2D eigenvalue weighted by Crippen LogP contribution is -1.90. The van der Waals surface area contributed by atoms with Gasteiger partial charge < -0.3 is 0 Å². The van der Waals surface area contributed by atoms with Crippen LogP contribution in [0.1, 0.15) is 15.9 Å². The van der Waals surface area contributed by atoms with E-state index in [9.17, 15) is 4.79 Å². The van der Waals surface area contributed by atoms with E-state index in [1.54, 1.807) is 24.3 Å². The van der Waals surface area contributed by atoms with E-state index >= 15 is 0 Å². The number of hydrogen-bond acceptors (Lipinski definition) is 2. The Bertz CT molecular complexity index is 341. The van der Waals surface area contributed by atoms with Gasteiger partial charge in [-0.25, -0.2) is 0 Å². The van der Waals surface area contributed by atoms with Gasteiger partial charge in [0, 0.05) is 5.56 Å². The summed E-state index contributed by atoms with van der Waals surface area (Å²) in [6.07, 6.45) is 0.304. The highest BCUT2D eigenvalue weighted by molar-refractivity contribution is 6.67. The van der Waals surface area contributed by atoms with Crippen LogP contribution in [0.15, 0.2) is 24.3 Å². The minimum atomic E-state index is -0.491. The van der Waals surface area contributed by atoms with Crippen molar-refractivity contribution in [2.75, 3.05) is 0 Å². The molecule has 60 valence electrons. The van der Waals surface area contributed by atoms with Crippen LogP contribution in [0.25, 0.3) is 0 Å². The summed E-state index contributed by atoms with van der Waals surface area (Å²) in [6, 6.07) is 8.74. The molecule has 0 aliphatic rings. The van der Waals surface area contributed by atoms with Gasteiger partial charge in [-0.3, -0.25) is 4.79 Å². The average molecular weight is 180 g/mol. The average Bonchev–Trinajstić information content (AvgIpc) is 2.05. The third kappa shape index (κ3) is 2.08. The van der Waals surface area contributed by atoms with Gasteiger partial charge in [0.25, 0.3) is 5.24 Å². The zero-order valence-corrected chi connectivity index (χ0v) is 7.01. The standard InChI is InChI=1S/C9H6ClNO/c10-9(12)8-3-1-2-7(6-8)4-5-11/h1-3,6H,4H2. The lowest BCUT2D eigenvalue weighted by atomic mass is 10.1. The van der Waals surface area contributed by atoms with Crippen molar-refractivity contribution >= 4 is 16.8 Å². The first-order valence-corrected chi connectivity index (χ1v) is 3.77. The molecule has 0 fully saturated rings. The molecule has 0 saturated heterocycles. The fourth-order valence-corrected chi connectivity index (χ4v) is 1.01. The Hall–Kier alpha value is -1.33. The van der Waals surface area contributed by atoms with Crippen LogP contribution in [0.5, 0.6) is 0 Å². The highest BCUT2D eigenvalue weighted by atomic mass is 35.5. The first kappa shape index (κ1) is 8.76. The molecule has 2 nitrogen and oxygen atoms in total. The molecule has 0 saturated carbocycles. The monoisotopic (exact) mass is 179 g/mol. The normalized spacial score (nSPS) is 9.00. The third-order valence-electron chi connectivity index (χ3n) is 1.44. The van der Waals surface area contributed by atoms with E-state index in [0.29, 0.717) is 12.0 Å². The number of carbonyl (C=O) groups is 1. The molecule has 3 heteroatoms. The van der Waals surface area contributed by atoms with Crippen LogP contribution in [0.2, 0.25) is 0 Å². The number of hydrogen-bond donors (Lipinski definition) is 0. The quantitative estimate of drug-likeness (QED) is 0.653. The molecule has 0 atom stereocenters. The molecule has 0 aliphatic heterocycles. The van der Waals surface area contributed by atoms with Crippen LogP contribution in [0, 0.1) is 11.3 Å². The van der Waals surface area contributed by atoms with Crippen LogP contribution in [-0.4, -0.2) is 5.24 Å². The maximum atomic E-state index is 10.7. The number of carbonyl (C=O) groups excluding carboxylic acids is 1. The molecule has 1 aromatic carbocycles. The van der Waals surface area contributed by atoms with Crippen LogP contribution in [-0.2, 0) is 6.42 Å². The summed E-state index contributed by atoms with van der Waals surface area (Å²) in [7, 11) is 0. The van der Waals surface area contributed by atoms with E-state index in [4.69, 9.17) is 16.9 Å². The van der Waals surface area contributed by atoms with Crippen LogP contribution in [0.3, 0.4) is 0 Å². The van der Waals surface area contributed by atoms with Gasteiger partial charge in [0.2, 0.25) is 0 Å². The molecule has 0 N–H and O–H groups in total. The smallest absolute Gasteiger partial charge is 0.252 e. The Balaban J connectivity index is 2.97. The van der Waals surface area contributed by atoms with Gasteiger partial charge in [-0.15, -0.1) is 0 Å². The summed E-state index contributed by atoms with van der Waals surface area (Å²) in [5, 5.41) is 7.89. The lowest BCUT2D eigenvalue weighted by molar-refractivity contribution is 0.108. The van der Waals surface area contributed by atoms with Crippen molar-refractivity contribution in [2.24, 2.45) is 0 Å². The number of benzene rings is 1. The molecular weight excluding hydrogens is 174 g/mol. The highest BCUT2D eigenvalue weighted by Gasteiger charge is 2.01. The number of nitriles is 1. The van der Waals surface area contributed by atoms with E-state index in [1.165, 1.54) is 0 Å². The minimum Gasteiger partial charge on any atom is -0.276 e. The summed E-state index contributed by atoms with van der Waals surface area (Å²) in [5.41, 5.74) is 1.24. The summed E-state index contributed by atoms with van der Waals surface area (Å²) >= 11 is 5.25. The second kappa shape index (κ2) is 3.89. The first-order chi connectivity index (χ1) is 5.74. The van der Waals surface area contributed by atoms with Gasteiger partial charge >= 0.3 is 0 Å². The number of halogens is 1. The predicted octanol–water partition coefficient (Wildman–Crippen LogP) is 2.13. The Morgan fingerprint density at radius 3 is 2.92 bits per heavy atom. The molecule has 1 rings (SSSR count). The topological polar surface area (TPSA) is 40.9 Å². The molecule has 0 amide bonds. The zero-order valence-electron chi connectivity index (χ0n) is 6.25. The summed E-state index contributed by atoms with van der Waals surface area (Å²) in [6.45, 7) is 0. The van der Waals surface area contributed by atoms with Crippen molar-refractivity contribution in [2.45, 2.75) is 6.42 Å². The van der Waals surface area contributed by atoms with E-state index < -0.39 is 5.24 Å². The molecule has 0 aromatic heterocycles. The Labute approximate surface area is 75.4 Å². The summed E-state index contributed by atoms with van der Waals surface area (Å²) in [5.74, 6) is 0. The third-order valence-corrected chi connectivity index (χ3v) is 1.66. The van der Waals surface area contributed by atoms with Crippen LogP contribution >= 0.6 is 11.6 Å². The van der Waals surface area contributed by atoms with E-state index in [-0.39, 0.29) is 0 Å². The van der Waals surface area contributed by atoms with Crippen molar-refractivity contribution in [3.8, 4) is 6.07 Å². The largest absolute Gasteiger partial charge is 0.276 e. The summed E-state index contributed by atoms with van der Waals surface area (Å²) in [4.78, 5) is 10.7. The Kier molecular flexibility index (Phi) is 2.84. The van der Waals surface area contributed by atoms with Crippen LogP contribution in [0.4, 0.5) is 0 Å². The van der Waals surface area contributed by atoms with E-state index in [2.05, 4.69) is 0 Å². The van der Waals surface area contributed by atoms with Crippen LogP contribution < -0.4 is 0 Å². The molecule has 12 heavy (non-hydrogen) atoms. The van der Waals surface area contributed by atoms with E-state index in [0.717, 1.165) is 5.56 Å². The lowest BCUT2D eigenvalue weighted by Gasteiger charge is -1.95. The van der Waals surface area contributed by atoms with Crippen molar-refractivity contribution in [3.05, 3.63) is 35.4 Å². The first-order valence-electron chi connectivity index (χ1n) is 3.40. The molecule has 0 aliphatic carbocycles. The maximum Gasteiger partial charge on any atom is 0.252 e. The number of nitrogens with zero attached hydrogens (tertiary/aromatic N) is 1. The fraction of sp³-hybridized carbons (Fsp3) is 0.111. The molecule has 0 heterocycles. The predicted molar refractivity (Wildman–Crippen MR) is 45.9 cm³/mol. The van der Waals surface area contributed by atoms with Crippen molar-refractivity contribution < 1.29 is 4.79 Å². The molecule has 1 aromatic rings. The minimum absolute atomic E-state index is 0.304. The van der Waals surface area contributed by atoms with Crippen molar-refractivity contribution in [1.82, 2.24) is 0 Å². The highest BCUT2D eigenvalue weighted by Crippen LogP contribution is 2.07. The second-order valence-electron chi connectivity index (χ2n) is 2.31. The van der Waals surface area contributed by atoms with Gasteiger partial charge in [-0.05, 0) is 23.2 Å². The Morgan fingerprint density at radius 1 is 1.58 bits per heavy atom. The molecule has 0 radical (unpaired) electrons. The fourth-order valence-electron chi connectivity index (χ4n) is 0.895. The molecule has 0 spiro atoms. The van der Waals surface area contributed by atoms with Gasteiger partial charge in [-0.1, -0.05) is 18.2 Å². The van der Waals surface area contributed by atoms with E-state index in [1.807, 2.05) is 6.07 Å². The van der Waals surface area contributed by atoms with Gasteiger partial charge in [0.15, 0.2) is 0 Å². The Morgan fingerprint density at radius 2 is 2.33 bits per heavy atom. The maximum absolute atomic E-state index is 10.7. The van der Waals surface area contributed by atoms with Crippen molar-refractivity contribution in [3.63, 3.8) is 0 Å². The summed E-state index contributed by atoms with van der Waals surface area (Å²) < 4.78 is 0. The number of rotatable bonds is 2. The molecular formula is C9H6ClNO. The van der Waals surface area contributed by atoms with Gasteiger partial charge in [-0.2, -0.15) is 5.26 Å². The SMILES string of the molecule is N#CCc1cccc(C(=O)Cl)c1.